The molecule has 0 N–H and O–H groups in total. The molecule has 0 aromatic heterocycles. The van der Waals surface area contributed by atoms with Gasteiger partial charge in [-0.1, -0.05) is 29.8 Å². The average Bonchev–Trinajstić information content (AvgIpc) is 3.12. The largest absolute Gasteiger partial charge is 0.487 e. The highest BCUT2D eigenvalue weighted by molar-refractivity contribution is 9.11. The number of hydrogen-bond acceptors (Lipinski definition) is 6. The molecule has 0 spiro atoms. The van der Waals surface area contributed by atoms with Crippen molar-refractivity contribution in [2.45, 2.75) is 13.5 Å². The number of likely N-dealkylation sites (N-methyl/N-ethyl adjacent to an activating group) is 1. The fourth-order valence-corrected chi connectivity index (χ4v) is 5.78. The number of carbonyl (C=O) groups excluding carboxylic acids is 2. The van der Waals surface area contributed by atoms with Crippen molar-refractivity contribution in [2.24, 2.45) is 4.99 Å². The van der Waals surface area contributed by atoms with E-state index >= 15 is 0 Å². The Bertz CT molecular complexity index is 1350. The maximum atomic E-state index is 12.9. The van der Waals surface area contributed by atoms with Crippen LogP contribution in [0.1, 0.15) is 27.0 Å². The van der Waals surface area contributed by atoms with Gasteiger partial charge in [-0.3, -0.25) is 9.69 Å². The molecule has 184 valence electrons. The van der Waals surface area contributed by atoms with Crippen LogP contribution in [0.2, 0.25) is 0 Å². The molecule has 1 saturated heterocycles. The molecule has 3 aromatic rings. The number of esters is 1. The van der Waals surface area contributed by atoms with Crippen molar-refractivity contribution < 1.29 is 19.1 Å². The van der Waals surface area contributed by atoms with Gasteiger partial charge in [0.05, 0.1) is 32.2 Å². The summed E-state index contributed by atoms with van der Waals surface area (Å²) in [5.74, 6) is 0.139. The molecular weight excluding hydrogens is 608 g/mol. The standard InChI is InChI=1S/C27H22Br2N2O4S/c1-16-4-6-17(7-5-16)15-35-24-21(28)12-18(13-22(24)29)14-23-25(32)31(2)27(36-23)30-20-10-8-19(9-11-20)26(33)34-3/h4-14H,15H2,1-3H3/b23-14-,30-27?. The first kappa shape index (κ1) is 26.2. The molecule has 0 atom stereocenters. The zero-order valence-electron chi connectivity index (χ0n) is 19.7. The Morgan fingerprint density at radius 2 is 1.69 bits per heavy atom. The minimum atomic E-state index is -0.411. The highest BCUT2D eigenvalue weighted by atomic mass is 79.9. The lowest BCUT2D eigenvalue weighted by molar-refractivity contribution is -0.121. The van der Waals surface area contributed by atoms with Crippen LogP contribution in [-0.4, -0.2) is 36.1 Å². The molecule has 1 aliphatic rings. The normalized spacial score (nSPS) is 15.6. The molecule has 0 unspecified atom stereocenters. The lowest BCUT2D eigenvalue weighted by Crippen LogP contribution is -2.23. The number of hydrogen-bond donors (Lipinski definition) is 0. The van der Waals surface area contributed by atoms with E-state index in [1.54, 1.807) is 31.3 Å². The molecule has 3 aromatic carbocycles. The number of methoxy groups -OCH3 is 1. The van der Waals surface area contributed by atoms with Gasteiger partial charge in [0.1, 0.15) is 12.4 Å². The molecule has 1 amide bonds. The number of rotatable bonds is 6. The average molecular weight is 630 g/mol. The zero-order chi connectivity index (χ0) is 25.8. The van der Waals surface area contributed by atoms with Crippen molar-refractivity contribution in [3.63, 3.8) is 0 Å². The maximum absolute atomic E-state index is 12.9. The molecule has 0 radical (unpaired) electrons. The summed E-state index contributed by atoms with van der Waals surface area (Å²) in [4.78, 5) is 31.1. The first-order chi connectivity index (χ1) is 17.2. The van der Waals surface area contributed by atoms with Crippen molar-refractivity contribution in [1.29, 1.82) is 0 Å². The SMILES string of the molecule is COC(=O)c1ccc(N=C2S/C(=C\c3cc(Br)c(OCc4ccc(C)cc4)c(Br)c3)C(=O)N2C)cc1. The summed E-state index contributed by atoms with van der Waals surface area (Å²) < 4.78 is 12.3. The van der Waals surface area contributed by atoms with Crippen LogP contribution in [-0.2, 0) is 16.1 Å². The number of halogens is 2. The highest BCUT2D eigenvalue weighted by Gasteiger charge is 2.30. The van der Waals surface area contributed by atoms with E-state index < -0.39 is 5.97 Å². The second kappa shape index (κ2) is 11.5. The Morgan fingerprint density at radius 1 is 1.06 bits per heavy atom. The van der Waals surface area contributed by atoms with Crippen LogP contribution < -0.4 is 4.74 Å². The van der Waals surface area contributed by atoms with Gasteiger partial charge >= 0.3 is 5.97 Å². The van der Waals surface area contributed by atoms with Crippen molar-refractivity contribution in [3.05, 3.63) is 96.8 Å². The van der Waals surface area contributed by atoms with Crippen LogP contribution in [0.3, 0.4) is 0 Å². The maximum Gasteiger partial charge on any atom is 0.337 e. The minimum absolute atomic E-state index is 0.142. The number of amidine groups is 1. The molecule has 1 fully saturated rings. The van der Waals surface area contributed by atoms with Crippen molar-refractivity contribution >= 4 is 72.4 Å². The molecule has 0 saturated carbocycles. The van der Waals surface area contributed by atoms with E-state index in [-0.39, 0.29) is 5.91 Å². The molecule has 1 heterocycles. The van der Waals surface area contributed by atoms with Gasteiger partial charge in [-0.05, 0) is 104 Å². The topological polar surface area (TPSA) is 68.2 Å². The number of amides is 1. The first-order valence-corrected chi connectivity index (χ1v) is 13.3. The fraction of sp³-hybridized carbons (Fsp3) is 0.148. The van der Waals surface area contributed by atoms with Gasteiger partial charge in [0, 0.05) is 7.05 Å². The third-order valence-electron chi connectivity index (χ3n) is 5.34. The molecule has 0 aliphatic carbocycles. The summed E-state index contributed by atoms with van der Waals surface area (Å²) in [5.41, 5.74) is 4.19. The Hall–Kier alpha value is -2.88. The number of carbonyl (C=O) groups is 2. The number of nitrogens with zero attached hydrogens (tertiary/aromatic N) is 2. The smallest absolute Gasteiger partial charge is 0.337 e. The van der Waals surface area contributed by atoms with Crippen molar-refractivity contribution in [2.75, 3.05) is 14.2 Å². The Morgan fingerprint density at radius 3 is 2.31 bits per heavy atom. The Balaban J connectivity index is 1.51. The molecule has 36 heavy (non-hydrogen) atoms. The van der Waals surface area contributed by atoms with Gasteiger partial charge in [-0.2, -0.15) is 0 Å². The molecule has 4 rings (SSSR count). The van der Waals surface area contributed by atoms with Gasteiger partial charge in [0.15, 0.2) is 5.17 Å². The van der Waals surface area contributed by atoms with Crippen LogP contribution >= 0.6 is 43.6 Å². The van der Waals surface area contributed by atoms with Gasteiger partial charge in [-0.15, -0.1) is 0 Å². The molecular formula is C27H22Br2N2O4S. The Kier molecular flexibility index (Phi) is 8.33. The summed E-state index contributed by atoms with van der Waals surface area (Å²) >= 11 is 8.48. The molecule has 9 heteroatoms. The van der Waals surface area contributed by atoms with Gasteiger partial charge in [0.2, 0.25) is 0 Å². The lowest BCUT2D eigenvalue weighted by Gasteiger charge is -2.12. The zero-order valence-corrected chi connectivity index (χ0v) is 23.7. The van der Waals surface area contributed by atoms with Crippen LogP contribution in [0.5, 0.6) is 5.75 Å². The minimum Gasteiger partial charge on any atom is -0.487 e. The van der Waals surface area contributed by atoms with Crippen LogP contribution in [0.15, 0.2) is 79.5 Å². The second-order valence-corrected chi connectivity index (χ2v) is 10.7. The van der Waals surface area contributed by atoms with E-state index in [0.717, 1.165) is 20.1 Å². The summed E-state index contributed by atoms with van der Waals surface area (Å²) in [6.45, 7) is 2.49. The van der Waals surface area contributed by atoms with Gasteiger partial charge in [-0.25, -0.2) is 9.79 Å². The summed E-state index contributed by atoms with van der Waals surface area (Å²) in [5, 5.41) is 0.549. The van der Waals surface area contributed by atoms with Crippen molar-refractivity contribution in [1.82, 2.24) is 4.90 Å². The van der Waals surface area contributed by atoms with Crippen LogP contribution in [0.4, 0.5) is 5.69 Å². The summed E-state index contributed by atoms with van der Waals surface area (Å²) in [6.07, 6.45) is 1.83. The van der Waals surface area contributed by atoms with Crippen molar-refractivity contribution in [3.8, 4) is 5.75 Å². The number of thioether (sulfide) groups is 1. The van der Waals surface area contributed by atoms with E-state index in [1.165, 1.54) is 29.3 Å². The van der Waals surface area contributed by atoms with E-state index in [2.05, 4.69) is 55.9 Å². The molecule has 6 nitrogen and oxygen atoms in total. The van der Waals surface area contributed by atoms with Gasteiger partial charge in [0.25, 0.3) is 5.91 Å². The van der Waals surface area contributed by atoms with Crippen LogP contribution in [0.25, 0.3) is 6.08 Å². The third kappa shape index (κ3) is 6.08. The van der Waals surface area contributed by atoms with E-state index in [0.29, 0.717) is 33.7 Å². The molecule has 0 bridgehead atoms. The number of benzene rings is 3. The monoisotopic (exact) mass is 628 g/mol. The quantitative estimate of drug-likeness (QED) is 0.215. The lowest BCUT2D eigenvalue weighted by atomic mass is 10.1. The summed E-state index contributed by atoms with van der Waals surface area (Å²) in [6, 6.07) is 18.7. The first-order valence-electron chi connectivity index (χ1n) is 10.9. The predicted octanol–water partition coefficient (Wildman–Crippen LogP) is 7.12. The number of ether oxygens (including phenoxy) is 2. The van der Waals surface area contributed by atoms with E-state index in [1.807, 2.05) is 30.3 Å². The van der Waals surface area contributed by atoms with E-state index in [4.69, 9.17) is 9.47 Å². The number of aliphatic imine (C=N–C) groups is 1. The molecule has 1 aliphatic heterocycles. The Labute approximate surface area is 230 Å². The van der Waals surface area contributed by atoms with E-state index in [9.17, 15) is 9.59 Å². The summed E-state index contributed by atoms with van der Waals surface area (Å²) in [7, 11) is 3.02. The van der Waals surface area contributed by atoms with Gasteiger partial charge < -0.3 is 9.47 Å². The fourth-order valence-electron chi connectivity index (χ4n) is 3.34. The second-order valence-electron chi connectivity index (χ2n) is 8.00. The third-order valence-corrected chi connectivity index (χ3v) is 7.58. The van der Waals surface area contributed by atoms with Crippen LogP contribution in [0, 0.1) is 6.92 Å². The number of aryl methyl sites for hydroxylation is 1. The predicted molar refractivity (Wildman–Crippen MR) is 151 cm³/mol. The highest BCUT2D eigenvalue weighted by Crippen LogP contribution is 2.38.